The van der Waals surface area contributed by atoms with Gasteiger partial charge in [0.05, 0.1) is 70.7 Å². The van der Waals surface area contributed by atoms with Gasteiger partial charge in [-0.25, -0.2) is 0 Å². The van der Waals surface area contributed by atoms with Crippen LogP contribution in [0.25, 0.3) is 11.1 Å². The Kier molecular flexibility index (Phi) is 11.4. The molecule has 0 radical (unpaired) electrons. The van der Waals surface area contributed by atoms with Crippen molar-refractivity contribution in [2.24, 2.45) is 9.98 Å². The normalized spacial score (nSPS) is 17.2. The van der Waals surface area contributed by atoms with Gasteiger partial charge >= 0.3 is 0 Å². The molecule has 0 aromatic heterocycles. The molecule has 56 heavy (non-hydrogen) atoms. The van der Waals surface area contributed by atoms with Gasteiger partial charge in [-0.2, -0.15) is 0 Å². The van der Waals surface area contributed by atoms with E-state index in [-0.39, 0.29) is 18.0 Å². The van der Waals surface area contributed by atoms with Crippen LogP contribution in [-0.4, -0.2) is 95.2 Å². The summed E-state index contributed by atoms with van der Waals surface area (Å²) in [4.78, 5) is 39.1. The zero-order chi connectivity index (χ0) is 39.2. The summed E-state index contributed by atoms with van der Waals surface area (Å²) in [5.41, 5.74) is 6.20. The Hall–Kier alpha value is -6.56. The molecular formula is C44H44N4O8. The van der Waals surface area contributed by atoms with Crippen LogP contribution in [0.1, 0.15) is 51.1 Å². The number of hydrogen-bond donors (Lipinski definition) is 0. The number of benzene rings is 4. The molecule has 0 aliphatic carbocycles. The van der Waals surface area contributed by atoms with Crippen LogP contribution in [0, 0.1) is 0 Å². The SMILES string of the molecule is COc1ccc(C2=CN(C)C(/C=N\c3cc(OCCCOc4cc5c(cc4OC)C(=O)N4C=C(c6ccc(OC)cc6)CC4C=N5)c(OC)cc3C=O)C2)cc1. The van der Waals surface area contributed by atoms with Crippen molar-refractivity contribution in [3.05, 3.63) is 107 Å². The number of carbonyl (C=O) groups excluding carboxylic acids is 2. The van der Waals surface area contributed by atoms with E-state index in [1.54, 1.807) is 50.5 Å². The molecule has 12 nitrogen and oxygen atoms in total. The van der Waals surface area contributed by atoms with E-state index in [2.05, 4.69) is 11.1 Å². The summed E-state index contributed by atoms with van der Waals surface area (Å²) in [5, 5.41) is 0. The van der Waals surface area contributed by atoms with Crippen LogP contribution in [-0.2, 0) is 0 Å². The fourth-order valence-electron chi connectivity index (χ4n) is 6.93. The van der Waals surface area contributed by atoms with E-state index in [4.69, 9.17) is 38.4 Å². The lowest BCUT2D eigenvalue weighted by Gasteiger charge is -2.19. The first-order valence-corrected chi connectivity index (χ1v) is 18.3. The quantitative estimate of drug-likeness (QED) is 0.0680. The van der Waals surface area contributed by atoms with Crippen molar-refractivity contribution in [3.63, 3.8) is 0 Å². The maximum absolute atomic E-state index is 13.8. The van der Waals surface area contributed by atoms with Gasteiger partial charge in [-0.1, -0.05) is 24.3 Å². The van der Waals surface area contributed by atoms with Crippen molar-refractivity contribution >= 4 is 47.1 Å². The van der Waals surface area contributed by atoms with Gasteiger partial charge in [-0.3, -0.25) is 19.6 Å². The molecule has 3 aliphatic heterocycles. The molecule has 0 saturated heterocycles. The van der Waals surface area contributed by atoms with Crippen molar-refractivity contribution in [1.29, 1.82) is 0 Å². The van der Waals surface area contributed by atoms with Gasteiger partial charge in [-0.05, 0) is 65.1 Å². The predicted molar refractivity (Wildman–Crippen MR) is 216 cm³/mol. The van der Waals surface area contributed by atoms with Crippen molar-refractivity contribution in [2.75, 3.05) is 48.7 Å². The Labute approximate surface area is 326 Å². The summed E-state index contributed by atoms with van der Waals surface area (Å²) in [6.07, 6.45) is 10.4. The van der Waals surface area contributed by atoms with Gasteiger partial charge in [0, 0.05) is 62.4 Å². The second kappa shape index (κ2) is 16.8. The third kappa shape index (κ3) is 7.95. The number of aldehydes is 1. The molecule has 2 atom stereocenters. The molecule has 0 saturated carbocycles. The average molecular weight is 757 g/mol. The molecule has 0 fully saturated rings. The van der Waals surface area contributed by atoms with Crippen molar-refractivity contribution in [3.8, 4) is 34.5 Å². The summed E-state index contributed by atoms with van der Waals surface area (Å²) in [6.45, 7) is 0.594. The van der Waals surface area contributed by atoms with Crippen LogP contribution >= 0.6 is 0 Å². The number of carbonyl (C=O) groups is 2. The van der Waals surface area contributed by atoms with Gasteiger partial charge in [0.2, 0.25) is 0 Å². The zero-order valence-electron chi connectivity index (χ0n) is 32.1. The monoisotopic (exact) mass is 756 g/mol. The van der Waals surface area contributed by atoms with E-state index in [9.17, 15) is 9.59 Å². The highest BCUT2D eigenvalue weighted by molar-refractivity contribution is 6.05. The first-order valence-electron chi connectivity index (χ1n) is 18.3. The first-order chi connectivity index (χ1) is 27.3. The minimum absolute atomic E-state index is 0.0101. The molecule has 288 valence electrons. The Bertz CT molecular complexity index is 2210. The summed E-state index contributed by atoms with van der Waals surface area (Å²) in [6, 6.07) is 22.4. The third-order valence-corrected chi connectivity index (χ3v) is 10.1. The number of hydrogen-bond acceptors (Lipinski definition) is 11. The summed E-state index contributed by atoms with van der Waals surface area (Å²) in [5.74, 6) is 3.21. The lowest BCUT2D eigenvalue weighted by atomic mass is 10.0. The molecule has 0 spiro atoms. The first kappa shape index (κ1) is 37.7. The van der Waals surface area contributed by atoms with Gasteiger partial charge in [-0.15, -0.1) is 0 Å². The van der Waals surface area contributed by atoms with E-state index in [1.807, 2.05) is 74.2 Å². The number of aliphatic imine (C=N–C) groups is 2. The molecular weight excluding hydrogens is 713 g/mol. The molecule has 0 N–H and O–H groups in total. The predicted octanol–water partition coefficient (Wildman–Crippen LogP) is 7.80. The maximum atomic E-state index is 13.8. The maximum Gasteiger partial charge on any atom is 0.260 e. The van der Waals surface area contributed by atoms with Crippen LogP contribution < -0.4 is 28.4 Å². The van der Waals surface area contributed by atoms with Gasteiger partial charge in [0.15, 0.2) is 29.3 Å². The molecule has 12 heteroatoms. The molecule has 7 rings (SSSR count). The van der Waals surface area contributed by atoms with E-state index in [0.29, 0.717) is 71.6 Å². The number of methoxy groups -OCH3 is 4. The van der Waals surface area contributed by atoms with Gasteiger partial charge in [0.1, 0.15) is 11.5 Å². The Morgan fingerprint density at radius 2 is 1.36 bits per heavy atom. The van der Waals surface area contributed by atoms with Gasteiger partial charge < -0.3 is 38.2 Å². The largest absolute Gasteiger partial charge is 0.497 e. The molecule has 2 unspecified atom stereocenters. The highest BCUT2D eigenvalue weighted by Gasteiger charge is 2.33. The van der Waals surface area contributed by atoms with Crippen molar-refractivity contribution in [1.82, 2.24) is 9.80 Å². The van der Waals surface area contributed by atoms with Crippen LogP contribution in [0.4, 0.5) is 11.4 Å². The molecule has 1 amide bonds. The summed E-state index contributed by atoms with van der Waals surface area (Å²) < 4.78 is 34.0. The Morgan fingerprint density at radius 3 is 1.96 bits per heavy atom. The standard InChI is InChI=1S/C44H44N4O8/c1-47-25-30(28-7-11-35(51-2)12-8-28)17-33(47)23-45-38-21-42(40(53-4)19-32(38)27-49)55-15-6-16-56-43-22-39-37(20-41(43)54-5)44(50)48-26-31(18-34(48)24-46-39)29-9-13-36(52-3)14-10-29/h7-14,19-27,33-34H,6,15-18H2,1-5H3/b45-23-. The zero-order valence-corrected chi connectivity index (χ0v) is 32.1. The second-order valence-corrected chi connectivity index (χ2v) is 13.5. The van der Waals surface area contributed by atoms with Crippen LogP contribution in [0.15, 0.2) is 95.2 Å². The number of amides is 1. The topological polar surface area (TPSA) is 121 Å². The third-order valence-electron chi connectivity index (χ3n) is 10.1. The minimum Gasteiger partial charge on any atom is -0.497 e. The number of nitrogens with zero attached hydrogens (tertiary/aromatic N) is 4. The summed E-state index contributed by atoms with van der Waals surface area (Å²) >= 11 is 0. The number of ether oxygens (including phenoxy) is 6. The van der Waals surface area contributed by atoms with Crippen LogP contribution in [0.3, 0.4) is 0 Å². The number of rotatable bonds is 15. The molecule has 3 heterocycles. The minimum atomic E-state index is -0.206. The number of fused-ring (bicyclic) bond motifs is 2. The fourth-order valence-corrected chi connectivity index (χ4v) is 6.93. The lowest BCUT2D eigenvalue weighted by molar-refractivity contribution is 0.0817. The molecule has 3 aliphatic rings. The molecule has 0 bridgehead atoms. The highest BCUT2D eigenvalue weighted by atomic mass is 16.5. The van der Waals surface area contributed by atoms with E-state index < -0.39 is 0 Å². The Balaban J connectivity index is 0.974. The van der Waals surface area contributed by atoms with Gasteiger partial charge in [0.25, 0.3) is 5.91 Å². The van der Waals surface area contributed by atoms with Crippen LogP contribution in [0.2, 0.25) is 0 Å². The van der Waals surface area contributed by atoms with Crippen molar-refractivity contribution < 1.29 is 38.0 Å². The van der Waals surface area contributed by atoms with E-state index >= 15 is 0 Å². The lowest BCUT2D eigenvalue weighted by Crippen LogP contribution is -2.32. The second-order valence-electron chi connectivity index (χ2n) is 13.5. The smallest absolute Gasteiger partial charge is 0.260 e. The fraction of sp³-hybridized carbons (Fsp3) is 0.273. The van der Waals surface area contributed by atoms with E-state index in [1.165, 1.54) is 12.7 Å². The van der Waals surface area contributed by atoms with E-state index in [0.717, 1.165) is 40.9 Å². The highest BCUT2D eigenvalue weighted by Crippen LogP contribution is 2.40. The summed E-state index contributed by atoms with van der Waals surface area (Å²) in [7, 11) is 8.36. The van der Waals surface area contributed by atoms with Crippen molar-refractivity contribution in [2.45, 2.75) is 31.3 Å². The van der Waals surface area contributed by atoms with Crippen LogP contribution in [0.5, 0.6) is 34.5 Å². The Morgan fingerprint density at radius 1 is 0.750 bits per heavy atom. The molecule has 4 aromatic rings. The average Bonchev–Trinajstić information content (AvgIpc) is 3.81. The molecule has 4 aromatic carbocycles.